The monoisotopic (exact) mass is 343 g/mol. The molecule has 1 aliphatic rings. The second-order valence-electron chi connectivity index (χ2n) is 5.06. The van der Waals surface area contributed by atoms with E-state index in [1.165, 1.54) is 18.3 Å². The van der Waals surface area contributed by atoms with Crippen molar-refractivity contribution in [3.8, 4) is 17.2 Å². The number of hydrogen-bond acceptors (Lipinski definition) is 7. The maximum Gasteiger partial charge on any atom is 0.310 e. The molecule has 2 aromatic carbocycles. The van der Waals surface area contributed by atoms with Crippen LogP contribution in [0, 0.1) is 10.1 Å². The van der Waals surface area contributed by atoms with Gasteiger partial charge in [0.1, 0.15) is 13.2 Å². The number of hydrazone groups is 1. The van der Waals surface area contributed by atoms with E-state index in [0.717, 1.165) is 6.07 Å². The number of benzene rings is 2. The molecule has 0 aromatic heterocycles. The number of carbonyl (C=O) groups excluding carboxylic acids is 1. The molecule has 0 saturated carbocycles. The molecule has 0 bridgehead atoms. The molecule has 0 aliphatic carbocycles. The first-order valence-electron chi connectivity index (χ1n) is 7.25. The summed E-state index contributed by atoms with van der Waals surface area (Å²) < 4.78 is 10.8. The van der Waals surface area contributed by atoms with Gasteiger partial charge >= 0.3 is 5.69 Å². The Hall–Kier alpha value is -3.62. The van der Waals surface area contributed by atoms with Crippen molar-refractivity contribution in [3.63, 3.8) is 0 Å². The van der Waals surface area contributed by atoms with Gasteiger partial charge in [-0.1, -0.05) is 0 Å². The van der Waals surface area contributed by atoms with Crippen molar-refractivity contribution in [3.05, 3.63) is 57.6 Å². The average Bonchev–Trinajstić information content (AvgIpc) is 2.61. The van der Waals surface area contributed by atoms with E-state index in [9.17, 15) is 20.0 Å². The fourth-order valence-corrected chi connectivity index (χ4v) is 2.19. The normalized spacial score (nSPS) is 12.8. The number of fused-ring (bicyclic) bond motifs is 1. The van der Waals surface area contributed by atoms with Gasteiger partial charge in [-0.05, 0) is 35.9 Å². The smallest absolute Gasteiger partial charge is 0.310 e. The number of rotatable bonds is 4. The van der Waals surface area contributed by atoms with Gasteiger partial charge in [-0.15, -0.1) is 0 Å². The third-order valence-electron chi connectivity index (χ3n) is 3.38. The summed E-state index contributed by atoms with van der Waals surface area (Å²) in [5.74, 6) is 0.127. The number of nitrogens with zero attached hydrogens (tertiary/aromatic N) is 2. The summed E-state index contributed by atoms with van der Waals surface area (Å²) in [5.41, 5.74) is 2.66. The molecule has 25 heavy (non-hydrogen) atoms. The summed E-state index contributed by atoms with van der Waals surface area (Å²) in [6.07, 6.45) is 1.26. The van der Waals surface area contributed by atoms with Gasteiger partial charge in [0.05, 0.1) is 11.1 Å². The Morgan fingerprint density at radius 3 is 2.68 bits per heavy atom. The highest BCUT2D eigenvalue weighted by Gasteiger charge is 2.15. The van der Waals surface area contributed by atoms with Gasteiger partial charge in [0.25, 0.3) is 5.91 Å². The van der Waals surface area contributed by atoms with Crippen LogP contribution in [0.2, 0.25) is 0 Å². The molecule has 0 radical (unpaired) electrons. The largest absolute Gasteiger partial charge is 0.502 e. The highest BCUT2D eigenvalue weighted by atomic mass is 16.6. The van der Waals surface area contributed by atoms with E-state index in [0.29, 0.717) is 35.8 Å². The Labute approximate surface area is 141 Å². The number of hydrogen-bond donors (Lipinski definition) is 2. The van der Waals surface area contributed by atoms with Crippen molar-refractivity contribution in [1.82, 2.24) is 5.43 Å². The molecule has 2 aromatic rings. The summed E-state index contributed by atoms with van der Waals surface area (Å²) in [7, 11) is 0. The number of nitrogens with one attached hydrogen (secondary N) is 1. The first kappa shape index (κ1) is 16.2. The molecular weight excluding hydrogens is 330 g/mol. The van der Waals surface area contributed by atoms with Crippen LogP contribution in [-0.2, 0) is 0 Å². The maximum absolute atomic E-state index is 12.1. The van der Waals surface area contributed by atoms with Crippen molar-refractivity contribution >= 4 is 17.8 Å². The number of amides is 1. The minimum Gasteiger partial charge on any atom is -0.502 e. The van der Waals surface area contributed by atoms with Crippen LogP contribution in [-0.4, -0.2) is 35.4 Å². The summed E-state index contributed by atoms with van der Waals surface area (Å²) in [6, 6.07) is 8.50. The average molecular weight is 343 g/mol. The fourth-order valence-electron chi connectivity index (χ4n) is 2.19. The Morgan fingerprint density at radius 1 is 1.20 bits per heavy atom. The minimum absolute atomic E-state index is 0.341. The predicted molar refractivity (Wildman–Crippen MR) is 87.3 cm³/mol. The third-order valence-corrected chi connectivity index (χ3v) is 3.38. The van der Waals surface area contributed by atoms with E-state index in [1.54, 1.807) is 18.2 Å². The summed E-state index contributed by atoms with van der Waals surface area (Å²) in [5, 5.41) is 23.9. The molecule has 2 N–H and O–H groups in total. The topological polar surface area (TPSA) is 123 Å². The van der Waals surface area contributed by atoms with Crippen molar-refractivity contribution in [2.24, 2.45) is 5.10 Å². The highest BCUT2D eigenvalue weighted by molar-refractivity contribution is 5.95. The number of phenols is 1. The lowest BCUT2D eigenvalue weighted by Gasteiger charge is -2.18. The number of phenolic OH excluding ortho intramolecular Hbond substituents is 1. The standard InChI is InChI=1S/C16H13N3O6/c20-13-7-10(1-3-12(13)19(22)23)9-17-18-16(21)11-2-4-14-15(8-11)25-6-5-24-14/h1-4,7-9,20H,5-6H2,(H,18,21). The van der Waals surface area contributed by atoms with Crippen molar-refractivity contribution in [2.75, 3.05) is 13.2 Å². The van der Waals surface area contributed by atoms with Crippen LogP contribution in [0.15, 0.2) is 41.5 Å². The highest BCUT2D eigenvalue weighted by Crippen LogP contribution is 2.30. The van der Waals surface area contributed by atoms with Crippen molar-refractivity contribution in [1.29, 1.82) is 0 Å². The Kier molecular flexibility index (Phi) is 4.46. The van der Waals surface area contributed by atoms with Crippen molar-refractivity contribution in [2.45, 2.75) is 0 Å². The molecule has 1 aliphatic heterocycles. The number of nitro benzene ring substituents is 1. The maximum atomic E-state index is 12.1. The molecule has 9 heteroatoms. The van der Waals surface area contributed by atoms with Gasteiger partial charge in [-0.25, -0.2) is 5.43 Å². The third kappa shape index (κ3) is 3.66. The first-order valence-corrected chi connectivity index (χ1v) is 7.25. The van der Waals surface area contributed by atoms with Gasteiger partial charge in [0, 0.05) is 11.6 Å². The quantitative estimate of drug-likeness (QED) is 0.496. The van der Waals surface area contributed by atoms with Crippen LogP contribution >= 0.6 is 0 Å². The van der Waals surface area contributed by atoms with Crippen LogP contribution in [0.4, 0.5) is 5.69 Å². The molecule has 9 nitrogen and oxygen atoms in total. The molecule has 0 fully saturated rings. The zero-order chi connectivity index (χ0) is 17.8. The molecule has 1 amide bonds. The first-order chi connectivity index (χ1) is 12.0. The summed E-state index contributed by atoms with van der Waals surface area (Å²) in [6.45, 7) is 0.880. The van der Waals surface area contributed by atoms with E-state index >= 15 is 0 Å². The zero-order valence-electron chi connectivity index (χ0n) is 12.8. The number of ether oxygens (including phenoxy) is 2. The molecular formula is C16H13N3O6. The van der Waals surface area contributed by atoms with E-state index in [2.05, 4.69) is 10.5 Å². The van der Waals surface area contributed by atoms with Gasteiger partial charge in [0.2, 0.25) is 0 Å². The Bertz CT molecular complexity index is 865. The van der Waals surface area contributed by atoms with Crippen molar-refractivity contribution < 1.29 is 24.3 Å². The van der Waals surface area contributed by atoms with Gasteiger partial charge in [0.15, 0.2) is 17.2 Å². The lowest BCUT2D eigenvalue weighted by Crippen LogP contribution is -2.19. The van der Waals surface area contributed by atoms with Crippen LogP contribution in [0.5, 0.6) is 17.2 Å². The van der Waals surface area contributed by atoms with E-state index in [4.69, 9.17) is 9.47 Å². The molecule has 0 spiro atoms. The summed E-state index contributed by atoms with van der Waals surface area (Å²) in [4.78, 5) is 22.0. The number of nitro groups is 1. The molecule has 0 saturated heterocycles. The van der Waals surface area contributed by atoms with Crippen LogP contribution in [0.25, 0.3) is 0 Å². The van der Waals surface area contributed by atoms with E-state index in [-0.39, 0.29) is 0 Å². The van der Waals surface area contributed by atoms with Crippen LogP contribution in [0.1, 0.15) is 15.9 Å². The Balaban J connectivity index is 1.67. The number of aromatic hydroxyl groups is 1. The van der Waals surface area contributed by atoms with Gasteiger partial charge in [-0.2, -0.15) is 5.10 Å². The Morgan fingerprint density at radius 2 is 1.96 bits per heavy atom. The fraction of sp³-hybridized carbons (Fsp3) is 0.125. The molecule has 1 heterocycles. The van der Waals surface area contributed by atoms with Crippen LogP contribution < -0.4 is 14.9 Å². The van der Waals surface area contributed by atoms with Gasteiger partial charge in [-0.3, -0.25) is 14.9 Å². The molecule has 3 rings (SSSR count). The minimum atomic E-state index is -0.695. The van der Waals surface area contributed by atoms with Gasteiger partial charge < -0.3 is 14.6 Å². The number of carbonyl (C=O) groups is 1. The van der Waals surface area contributed by atoms with E-state index < -0.39 is 22.3 Å². The second kappa shape index (κ2) is 6.87. The van der Waals surface area contributed by atoms with E-state index in [1.807, 2.05) is 0 Å². The molecule has 0 unspecified atom stereocenters. The lowest BCUT2D eigenvalue weighted by atomic mass is 10.2. The second-order valence-corrected chi connectivity index (χ2v) is 5.06. The predicted octanol–water partition coefficient (Wildman–Crippen LogP) is 1.84. The molecule has 128 valence electrons. The summed E-state index contributed by atoms with van der Waals surface area (Å²) >= 11 is 0. The lowest BCUT2D eigenvalue weighted by molar-refractivity contribution is -0.385. The SMILES string of the molecule is O=C(NN=Cc1ccc([N+](=O)[O-])c(O)c1)c1ccc2c(c1)OCCO2. The van der Waals surface area contributed by atoms with Crippen LogP contribution in [0.3, 0.4) is 0 Å². The molecule has 0 atom stereocenters. The zero-order valence-corrected chi connectivity index (χ0v) is 12.8.